The van der Waals surface area contributed by atoms with Gasteiger partial charge in [0.2, 0.25) is 0 Å². The molecule has 1 atom stereocenters. The molecule has 0 spiro atoms. The molecule has 0 aliphatic rings. The molecular weight excluding hydrogens is 276 g/mol. The molecule has 1 unspecified atom stereocenters. The second-order valence-electron chi connectivity index (χ2n) is 4.23. The van der Waals surface area contributed by atoms with Gasteiger partial charge in [0.25, 0.3) is 0 Å². The molecule has 2 rings (SSSR count). The van der Waals surface area contributed by atoms with E-state index in [0.717, 1.165) is 11.3 Å². The SMILES string of the molecule is COc1ccccc1C(COc1cccc(Cl)c1)NN. The van der Waals surface area contributed by atoms with E-state index in [9.17, 15) is 0 Å². The molecule has 0 radical (unpaired) electrons. The quantitative estimate of drug-likeness (QED) is 0.635. The van der Waals surface area contributed by atoms with Gasteiger partial charge in [-0.05, 0) is 24.3 Å². The number of hydrogen-bond donors (Lipinski definition) is 2. The summed E-state index contributed by atoms with van der Waals surface area (Å²) in [7, 11) is 1.63. The minimum absolute atomic E-state index is 0.176. The zero-order chi connectivity index (χ0) is 14.4. The highest BCUT2D eigenvalue weighted by Crippen LogP contribution is 2.25. The summed E-state index contributed by atoms with van der Waals surface area (Å²) in [6.45, 7) is 0.372. The van der Waals surface area contributed by atoms with Crippen LogP contribution in [-0.4, -0.2) is 13.7 Å². The fourth-order valence-corrected chi connectivity index (χ4v) is 2.10. The lowest BCUT2D eigenvalue weighted by atomic mass is 10.1. The van der Waals surface area contributed by atoms with Crippen LogP contribution < -0.4 is 20.7 Å². The van der Waals surface area contributed by atoms with E-state index in [2.05, 4.69) is 5.43 Å². The molecule has 2 aromatic carbocycles. The Balaban J connectivity index is 2.09. The van der Waals surface area contributed by atoms with Gasteiger partial charge >= 0.3 is 0 Å². The molecule has 0 amide bonds. The first kappa shape index (κ1) is 14.7. The van der Waals surface area contributed by atoms with Gasteiger partial charge in [-0.25, -0.2) is 5.43 Å². The molecule has 0 saturated carbocycles. The van der Waals surface area contributed by atoms with E-state index in [1.165, 1.54) is 0 Å². The van der Waals surface area contributed by atoms with Crippen LogP contribution >= 0.6 is 11.6 Å². The third kappa shape index (κ3) is 3.63. The predicted octanol–water partition coefficient (Wildman–Crippen LogP) is 2.93. The number of para-hydroxylation sites is 1. The Labute approximate surface area is 123 Å². The van der Waals surface area contributed by atoms with Gasteiger partial charge in [-0.1, -0.05) is 35.9 Å². The Kier molecular flexibility index (Phi) is 5.24. The number of nitrogens with one attached hydrogen (secondary N) is 1. The standard InChI is InChI=1S/C15H17ClN2O2/c1-19-15-8-3-2-7-13(15)14(18-17)10-20-12-6-4-5-11(16)9-12/h2-9,14,18H,10,17H2,1H3. The van der Waals surface area contributed by atoms with Crippen molar-refractivity contribution in [2.45, 2.75) is 6.04 Å². The maximum Gasteiger partial charge on any atom is 0.123 e. The first-order chi connectivity index (χ1) is 9.74. The number of hydrogen-bond acceptors (Lipinski definition) is 4. The topological polar surface area (TPSA) is 56.5 Å². The molecule has 0 bridgehead atoms. The summed E-state index contributed by atoms with van der Waals surface area (Å²) in [5.74, 6) is 7.08. The largest absolute Gasteiger partial charge is 0.496 e. The molecule has 0 aromatic heterocycles. The maximum absolute atomic E-state index is 5.92. The van der Waals surface area contributed by atoms with Gasteiger partial charge in [0.15, 0.2) is 0 Å². The third-order valence-corrected chi connectivity index (χ3v) is 3.16. The van der Waals surface area contributed by atoms with Gasteiger partial charge in [0.1, 0.15) is 18.1 Å². The minimum Gasteiger partial charge on any atom is -0.496 e. The van der Waals surface area contributed by atoms with Gasteiger partial charge in [0.05, 0.1) is 13.2 Å². The number of nitrogens with two attached hydrogens (primary N) is 1. The Morgan fingerprint density at radius 1 is 1.20 bits per heavy atom. The van der Waals surface area contributed by atoms with Crippen molar-refractivity contribution in [1.29, 1.82) is 0 Å². The lowest BCUT2D eigenvalue weighted by Gasteiger charge is -2.19. The molecule has 106 valence electrons. The van der Waals surface area contributed by atoms with Crippen molar-refractivity contribution < 1.29 is 9.47 Å². The predicted molar refractivity (Wildman–Crippen MR) is 80.0 cm³/mol. The van der Waals surface area contributed by atoms with Crippen LogP contribution in [0.15, 0.2) is 48.5 Å². The second-order valence-corrected chi connectivity index (χ2v) is 4.67. The summed E-state index contributed by atoms with van der Waals surface area (Å²) in [5, 5.41) is 0.636. The Morgan fingerprint density at radius 2 is 2.00 bits per heavy atom. The van der Waals surface area contributed by atoms with Gasteiger partial charge in [-0.15, -0.1) is 0 Å². The van der Waals surface area contributed by atoms with Crippen LogP contribution in [0.4, 0.5) is 0 Å². The zero-order valence-electron chi connectivity index (χ0n) is 11.2. The number of rotatable bonds is 6. The minimum atomic E-state index is -0.176. The average Bonchev–Trinajstić information content (AvgIpc) is 2.48. The lowest BCUT2D eigenvalue weighted by Crippen LogP contribution is -2.32. The summed E-state index contributed by atoms with van der Waals surface area (Å²) < 4.78 is 11.0. The lowest BCUT2D eigenvalue weighted by molar-refractivity contribution is 0.263. The van der Waals surface area contributed by atoms with Crippen LogP contribution in [0.2, 0.25) is 5.02 Å². The molecule has 0 aliphatic carbocycles. The summed E-state index contributed by atoms with van der Waals surface area (Å²) in [5.41, 5.74) is 3.68. The smallest absolute Gasteiger partial charge is 0.123 e. The van der Waals surface area contributed by atoms with E-state index in [1.807, 2.05) is 36.4 Å². The van der Waals surface area contributed by atoms with Crippen molar-refractivity contribution >= 4 is 11.6 Å². The van der Waals surface area contributed by atoms with E-state index in [0.29, 0.717) is 17.4 Å². The van der Waals surface area contributed by atoms with E-state index >= 15 is 0 Å². The first-order valence-electron chi connectivity index (χ1n) is 6.22. The average molecular weight is 293 g/mol. The second kappa shape index (κ2) is 7.14. The van der Waals surface area contributed by atoms with Crippen LogP contribution in [0.5, 0.6) is 11.5 Å². The molecule has 5 heteroatoms. The number of ether oxygens (including phenoxy) is 2. The van der Waals surface area contributed by atoms with Crippen LogP contribution in [0.3, 0.4) is 0 Å². The van der Waals surface area contributed by atoms with E-state index in [1.54, 1.807) is 19.2 Å². The van der Waals surface area contributed by atoms with Gasteiger partial charge in [0, 0.05) is 10.6 Å². The monoisotopic (exact) mass is 292 g/mol. The molecule has 4 nitrogen and oxygen atoms in total. The van der Waals surface area contributed by atoms with Crippen molar-refractivity contribution in [2.75, 3.05) is 13.7 Å². The van der Waals surface area contributed by atoms with Crippen molar-refractivity contribution in [3.8, 4) is 11.5 Å². The number of methoxy groups -OCH3 is 1. The number of hydrazine groups is 1. The molecule has 3 N–H and O–H groups in total. The summed E-state index contributed by atoms with van der Waals surface area (Å²) in [4.78, 5) is 0. The Hall–Kier alpha value is -1.75. The van der Waals surface area contributed by atoms with E-state index in [-0.39, 0.29) is 6.04 Å². The fourth-order valence-electron chi connectivity index (χ4n) is 1.92. The molecule has 20 heavy (non-hydrogen) atoms. The Bertz CT molecular complexity index is 563. The highest BCUT2D eigenvalue weighted by Gasteiger charge is 2.15. The van der Waals surface area contributed by atoms with E-state index < -0.39 is 0 Å². The molecule has 0 aliphatic heterocycles. The Morgan fingerprint density at radius 3 is 2.70 bits per heavy atom. The molecule has 0 fully saturated rings. The highest BCUT2D eigenvalue weighted by molar-refractivity contribution is 6.30. The van der Waals surface area contributed by atoms with Crippen molar-refractivity contribution in [3.05, 3.63) is 59.1 Å². The molecule has 0 heterocycles. The maximum atomic E-state index is 5.92. The van der Waals surface area contributed by atoms with Gasteiger partial charge in [-0.3, -0.25) is 5.84 Å². The van der Waals surface area contributed by atoms with Crippen molar-refractivity contribution in [3.63, 3.8) is 0 Å². The van der Waals surface area contributed by atoms with Crippen LogP contribution in [-0.2, 0) is 0 Å². The normalized spacial score (nSPS) is 11.9. The molecule has 0 saturated heterocycles. The summed E-state index contributed by atoms with van der Waals surface area (Å²) >= 11 is 5.92. The zero-order valence-corrected chi connectivity index (χ0v) is 11.9. The highest BCUT2D eigenvalue weighted by atomic mass is 35.5. The first-order valence-corrected chi connectivity index (χ1v) is 6.60. The summed E-state index contributed by atoms with van der Waals surface area (Å²) in [6.07, 6.45) is 0. The van der Waals surface area contributed by atoms with Gasteiger partial charge in [-0.2, -0.15) is 0 Å². The van der Waals surface area contributed by atoms with Crippen molar-refractivity contribution in [1.82, 2.24) is 5.43 Å². The van der Waals surface area contributed by atoms with Crippen LogP contribution in [0.25, 0.3) is 0 Å². The fraction of sp³-hybridized carbons (Fsp3) is 0.200. The molecular formula is C15H17ClN2O2. The van der Waals surface area contributed by atoms with Crippen LogP contribution in [0.1, 0.15) is 11.6 Å². The summed E-state index contributed by atoms with van der Waals surface area (Å²) in [6, 6.07) is 14.8. The molecule has 2 aromatic rings. The van der Waals surface area contributed by atoms with Crippen molar-refractivity contribution in [2.24, 2.45) is 5.84 Å². The number of halogens is 1. The third-order valence-electron chi connectivity index (χ3n) is 2.93. The van der Waals surface area contributed by atoms with E-state index in [4.69, 9.17) is 26.9 Å². The number of benzene rings is 2. The van der Waals surface area contributed by atoms with Gasteiger partial charge < -0.3 is 9.47 Å². The van der Waals surface area contributed by atoms with Crippen LogP contribution in [0, 0.1) is 0 Å².